The molecule has 0 atom stereocenters. The molecule has 0 saturated carbocycles. The van der Waals surface area contributed by atoms with Gasteiger partial charge in [-0.3, -0.25) is 4.79 Å². The maximum Gasteiger partial charge on any atom is 0.270 e. The van der Waals surface area contributed by atoms with E-state index in [4.69, 9.17) is 0 Å². The molecule has 0 fully saturated rings. The van der Waals surface area contributed by atoms with Crippen molar-refractivity contribution in [2.75, 3.05) is 6.54 Å². The number of halogens is 1. The molecule has 0 N–H and O–H groups in total. The molecule has 18 heavy (non-hydrogen) atoms. The molecular formula is C13H15BrN2OS. The van der Waals surface area contributed by atoms with Gasteiger partial charge in [-0.2, -0.15) is 0 Å². The first kappa shape index (κ1) is 13.4. The molecule has 2 rings (SSSR count). The molecule has 5 heteroatoms. The third kappa shape index (κ3) is 2.84. The molecule has 0 aliphatic carbocycles. The minimum absolute atomic E-state index is 0.0686. The zero-order valence-corrected chi connectivity index (χ0v) is 12.8. The first-order valence-corrected chi connectivity index (χ1v) is 7.42. The molecule has 1 amide bonds. The lowest BCUT2D eigenvalue weighted by Crippen LogP contribution is -2.31. The van der Waals surface area contributed by atoms with E-state index in [9.17, 15) is 4.79 Å². The lowest BCUT2D eigenvalue weighted by atomic mass is 10.3. The summed E-state index contributed by atoms with van der Waals surface area (Å²) < 4.78 is 2.78. The number of thiophene rings is 1. The fourth-order valence-electron chi connectivity index (χ4n) is 1.82. The van der Waals surface area contributed by atoms with Crippen molar-refractivity contribution in [2.45, 2.75) is 13.5 Å². The first-order chi connectivity index (χ1) is 8.61. The molecule has 0 aromatic carbocycles. The van der Waals surface area contributed by atoms with Gasteiger partial charge in [0, 0.05) is 29.1 Å². The van der Waals surface area contributed by atoms with Gasteiger partial charge in [0.1, 0.15) is 5.69 Å². The van der Waals surface area contributed by atoms with E-state index in [1.54, 1.807) is 11.3 Å². The number of aromatic nitrogens is 1. The SMILES string of the molecule is CCN(Cc1cccs1)C(=O)c1cc(Br)cn1C. The number of rotatable bonds is 4. The minimum Gasteiger partial charge on any atom is -0.345 e. The van der Waals surface area contributed by atoms with E-state index in [1.165, 1.54) is 4.88 Å². The monoisotopic (exact) mass is 326 g/mol. The normalized spacial score (nSPS) is 10.6. The molecule has 0 unspecified atom stereocenters. The Balaban J connectivity index is 2.17. The molecule has 2 heterocycles. The summed E-state index contributed by atoms with van der Waals surface area (Å²) in [6.07, 6.45) is 1.90. The maximum absolute atomic E-state index is 12.4. The Morgan fingerprint density at radius 2 is 2.33 bits per heavy atom. The van der Waals surface area contributed by atoms with E-state index < -0.39 is 0 Å². The van der Waals surface area contributed by atoms with Crippen LogP contribution in [0.1, 0.15) is 22.3 Å². The number of carbonyl (C=O) groups excluding carboxylic acids is 1. The third-order valence-corrected chi connectivity index (χ3v) is 4.08. The van der Waals surface area contributed by atoms with Crippen LogP contribution in [0.4, 0.5) is 0 Å². The van der Waals surface area contributed by atoms with Crippen molar-refractivity contribution in [3.8, 4) is 0 Å². The van der Waals surface area contributed by atoms with Gasteiger partial charge in [0.15, 0.2) is 0 Å². The Hall–Kier alpha value is -1.07. The van der Waals surface area contributed by atoms with Crippen LogP contribution in [0.2, 0.25) is 0 Å². The highest BCUT2D eigenvalue weighted by Gasteiger charge is 2.18. The first-order valence-electron chi connectivity index (χ1n) is 5.75. The predicted octanol–water partition coefficient (Wildman–Crippen LogP) is 3.51. The smallest absolute Gasteiger partial charge is 0.270 e. The van der Waals surface area contributed by atoms with Crippen LogP contribution in [0.3, 0.4) is 0 Å². The van der Waals surface area contributed by atoms with Crippen LogP contribution in [-0.2, 0) is 13.6 Å². The van der Waals surface area contributed by atoms with Crippen molar-refractivity contribution in [3.63, 3.8) is 0 Å². The second-order valence-corrected chi connectivity index (χ2v) is 6.00. The largest absolute Gasteiger partial charge is 0.345 e. The summed E-state index contributed by atoms with van der Waals surface area (Å²) in [7, 11) is 1.89. The van der Waals surface area contributed by atoms with Crippen LogP contribution < -0.4 is 0 Å². The minimum atomic E-state index is 0.0686. The third-order valence-electron chi connectivity index (χ3n) is 2.79. The number of nitrogens with zero attached hydrogens (tertiary/aromatic N) is 2. The number of hydrogen-bond donors (Lipinski definition) is 0. The van der Waals surface area contributed by atoms with Gasteiger partial charge in [-0.15, -0.1) is 11.3 Å². The Labute approximate surface area is 119 Å². The topological polar surface area (TPSA) is 25.2 Å². The maximum atomic E-state index is 12.4. The second-order valence-electron chi connectivity index (χ2n) is 4.05. The van der Waals surface area contributed by atoms with Gasteiger partial charge >= 0.3 is 0 Å². The standard InChI is InChI=1S/C13H15BrN2OS/c1-3-16(9-11-5-4-6-18-11)13(17)12-7-10(14)8-15(12)2/h4-8H,3,9H2,1-2H3. The van der Waals surface area contributed by atoms with Crippen molar-refractivity contribution in [2.24, 2.45) is 7.05 Å². The highest BCUT2D eigenvalue weighted by Crippen LogP contribution is 2.18. The number of amides is 1. The Bertz CT molecular complexity index is 533. The van der Waals surface area contributed by atoms with Crippen LogP contribution in [0, 0.1) is 0 Å². The fourth-order valence-corrected chi connectivity index (χ4v) is 3.06. The molecule has 96 valence electrons. The van der Waals surface area contributed by atoms with Gasteiger partial charge in [0.2, 0.25) is 0 Å². The number of hydrogen-bond acceptors (Lipinski definition) is 2. The molecule has 0 aliphatic rings. The molecule has 0 radical (unpaired) electrons. The Morgan fingerprint density at radius 1 is 1.56 bits per heavy atom. The van der Waals surface area contributed by atoms with Gasteiger partial charge < -0.3 is 9.47 Å². The Kier molecular flexibility index (Phi) is 4.24. The molecule has 0 saturated heterocycles. The molecule has 3 nitrogen and oxygen atoms in total. The van der Waals surface area contributed by atoms with Crippen LogP contribution in [-0.4, -0.2) is 21.9 Å². The summed E-state index contributed by atoms with van der Waals surface area (Å²) in [6, 6.07) is 5.93. The molecule has 2 aromatic rings. The van der Waals surface area contributed by atoms with Crippen molar-refractivity contribution >= 4 is 33.2 Å². The second kappa shape index (κ2) is 5.71. The van der Waals surface area contributed by atoms with Crippen molar-refractivity contribution < 1.29 is 4.79 Å². The van der Waals surface area contributed by atoms with Gasteiger partial charge in [0.05, 0.1) is 6.54 Å². The van der Waals surface area contributed by atoms with Gasteiger partial charge in [-0.05, 0) is 40.4 Å². The van der Waals surface area contributed by atoms with Crippen LogP contribution in [0.5, 0.6) is 0 Å². The van der Waals surface area contributed by atoms with E-state index in [0.29, 0.717) is 18.8 Å². The lowest BCUT2D eigenvalue weighted by Gasteiger charge is -2.20. The molecule has 0 spiro atoms. The molecule has 2 aromatic heterocycles. The van der Waals surface area contributed by atoms with Gasteiger partial charge in [-0.25, -0.2) is 0 Å². The summed E-state index contributed by atoms with van der Waals surface area (Å²) in [6.45, 7) is 3.39. The van der Waals surface area contributed by atoms with Crippen molar-refractivity contribution in [1.29, 1.82) is 0 Å². The van der Waals surface area contributed by atoms with Crippen LogP contribution in [0.15, 0.2) is 34.2 Å². The summed E-state index contributed by atoms with van der Waals surface area (Å²) in [5.74, 6) is 0.0686. The van der Waals surface area contributed by atoms with E-state index in [0.717, 1.165) is 4.47 Å². The Morgan fingerprint density at radius 3 is 2.83 bits per heavy atom. The van der Waals surface area contributed by atoms with E-state index in [1.807, 2.05) is 47.1 Å². The highest BCUT2D eigenvalue weighted by atomic mass is 79.9. The molecular weight excluding hydrogens is 312 g/mol. The zero-order valence-electron chi connectivity index (χ0n) is 10.4. The zero-order chi connectivity index (χ0) is 13.1. The predicted molar refractivity (Wildman–Crippen MR) is 77.8 cm³/mol. The highest BCUT2D eigenvalue weighted by molar-refractivity contribution is 9.10. The number of carbonyl (C=O) groups is 1. The van der Waals surface area contributed by atoms with E-state index >= 15 is 0 Å². The lowest BCUT2D eigenvalue weighted by molar-refractivity contribution is 0.0744. The fraction of sp³-hybridized carbons (Fsp3) is 0.308. The quantitative estimate of drug-likeness (QED) is 0.844. The van der Waals surface area contributed by atoms with Gasteiger partial charge in [-0.1, -0.05) is 6.07 Å². The van der Waals surface area contributed by atoms with Crippen molar-refractivity contribution in [3.05, 3.63) is 44.8 Å². The van der Waals surface area contributed by atoms with Crippen LogP contribution in [0.25, 0.3) is 0 Å². The summed E-state index contributed by atoms with van der Waals surface area (Å²) in [5, 5.41) is 2.03. The average Bonchev–Trinajstić information content (AvgIpc) is 2.95. The van der Waals surface area contributed by atoms with Gasteiger partial charge in [0.25, 0.3) is 5.91 Å². The average molecular weight is 327 g/mol. The summed E-state index contributed by atoms with van der Waals surface area (Å²) >= 11 is 5.07. The van der Waals surface area contributed by atoms with E-state index in [2.05, 4.69) is 22.0 Å². The summed E-state index contributed by atoms with van der Waals surface area (Å²) in [4.78, 5) is 15.5. The van der Waals surface area contributed by atoms with Crippen molar-refractivity contribution in [1.82, 2.24) is 9.47 Å². The molecule has 0 bridgehead atoms. The number of aryl methyl sites for hydroxylation is 1. The van der Waals surface area contributed by atoms with Crippen LogP contribution >= 0.6 is 27.3 Å². The summed E-state index contributed by atoms with van der Waals surface area (Å²) in [5.41, 5.74) is 0.709. The molecule has 0 aliphatic heterocycles. The van der Waals surface area contributed by atoms with E-state index in [-0.39, 0.29) is 5.91 Å².